The Morgan fingerprint density at radius 1 is 0.917 bits per heavy atom. The van der Waals surface area contributed by atoms with Crippen LogP contribution in [0.25, 0.3) is 0 Å². The van der Waals surface area contributed by atoms with Gasteiger partial charge in [0.15, 0.2) is 11.9 Å². The minimum atomic E-state index is 0. The third kappa shape index (κ3) is 12.3. The summed E-state index contributed by atoms with van der Waals surface area (Å²) in [6.07, 6.45) is 0. The summed E-state index contributed by atoms with van der Waals surface area (Å²) in [5.74, 6) is 0.524. The minimum Gasteiger partial charge on any atom is -0.370 e. The van der Waals surface area contributed by atoms with Gasteiger partial charge in [-0.1, -0.05) is 0 Å². The van der Waals surface area contributed by atoms with Gasteiger partial charge in [-0.3, -0.25) is 15.3 Å². The molecular formula is C4H14Cl3N5. The van der Waals surface area contributed by atoms with Crippen LogP contribution < -0.4 is 16.8 Å². The minimum absolute atomic E-state index is 0. The topological polar surface area (TPSA) is 88.8 Å². The zero-order valence-corrected chi connectivity index (χ0v) is 9.22. The summed E-state index contributed by atoms with van der Waals surface area (Å²) in [4.78, 5) is 7.20. The molecule has 0 aliphatic rings. The molecule has 5 N–H and O–H groups in total. The van der Waals surface area contributed by atoms with Crippen LogP contribution in [0.4, 0.5) is 0 Å². The molecule has 0 radical (unpaired) electrons. The first-order chi connectivity index (χ1) is 4.20. The maximum atomic E-state index is 5.23. The molecule has 0 amide bonds. The van der Waals surface area contributed by atoms with E-state index in [1.165, 1.54) is 0 Å². The molecule has 0 aliphatic heterocycles. The van der Waals surface area contributed by atoms with E-state index in [4.69, 9.17) is 11.5 Å². The quantitative estimate of drug-likeness (QED) is 0.401. The lowest BCUT2D eigenvalue weighted by atomic mass is 10.8. The monoisotopic (exact) mass is 237 g/mol. The standard InChI is InChI=1S/C4H11N5.3ClH/c1-7-3(5)9-4(6)8-2;;;/h1-2H3,(H5,5,6,7,8,9);3*1H. The first kappa shape index (κ1) is 22.6. The van der Waals surface area contributed by atoms with E-state index in [0.717, 1.165) is 0 Å². The molecule has 0 aliphatic carbocycles. The number of rotatable bonds is 0. The maximum absolute atomic E-state index is 5.23. The van der Waals surface area contributed by atoms with Crippen molar-refractivity contribution in [2.45, 2.75) is 0 Å². The molecule has 0 aromatic rings. The summed E-state index contributed by atoms with van der Waals surface area (Å²) in [6, 6.07) is 0. The van der Waals surface area contributed by atoms with Gasteiger partial charge in [-0.25, -0.2) is 0 Å². The van der Waals surface area contributed by atoms with Gasteiger partial charge in [-0.05, 0) is 0 Å². The van der Waals surface area contributed by atoms with Crippen LogP contribution in [-0.2, 0) is 0 Å². The Labute approximate surface area is 90.3 Å². The molecule has 0 fully saturated rings. The fourth-order valence-corrected chi connectivity index (χ4v) is 0.243. The summed E-state index contributed by atoms with van der Waals surface area (Å²) < 4.78 is 0. The van der Waals surface area contributed by atoms with Crippen molar-refractivity contribution in [1.29, 1.82) is 0 Å². The van der Waals surface area contributed by atoms with E-state index in [0.29, 0.717) is 0 Å². The zero-order valence-electron chi connectivity index (χ0n) is 6.77. The van der Waals surface area contributed by atoms with E-state index in [2.05, 4.69) is 15.3 Å². The number of nitrogens with two attached hydrogens (primary N) is 2. The summed E-state index contributed by atoms with van der Waals surface area (Å²) >= 11 is 0. The van der Waals surface area contributed by atoms with Crippen molar-refractivity contribution in [3.05, 3.63) is 0 Å². The Balaban J connectivity index is -0.000000107. The van der Waals surface area contributed by atoms with Crippen molar-refractivity contribution < 1.29 is 0 Å². The largest absolute Gasteiger partial charge is 0.370 e. The number of nitrogens with zero attached hydrogens (tertiary/aromatic N) is 2. The smallest absolute Gasteiger partial charge is 0.195 e. The van der Waals surface area contributed by atoms with Gasteiger partial charge >= 0.3 is 0 Å². The van der Waals surface area contributed by atoms with Crippen molar-refractivity contribution in [1.82, 2.24) is 5.32 Å². The van der Waals surface area contributed by atoms with E-state index >= 15 is 0 Å². The molecule has 0 heterocycles. The van der Waals surface area contributed by atoms with Crippen molar-refractivity contribution in [3.63, 3.8) is 0 Å². The Bertz CT molecular complexity index is 130. The van der Waals surface area contributed by atoms with E-state index in [9.17, 15) is 0 Å². The summed E-state index contributed by atoms with van der Waals surface area (Å²) in [6.45, 7) is 0. The lowest BCUT2D eigenvalue weighted by Gasteiger charge is -2.00. The van der Waals surface area contributed by atoms with E-state index in [1.807, 2.05) is 0 Å². The molecule has 76 valence electrons. The third-order valence-electron chi connectivity index (χ3n) is 0.738. The molecule has 0 bridgehead atoms. The first-order valence-corrected chi connectivity index (χ1v) is 2.42. The van der Waals surface area contributed by atoms with Gasteiger partial charge in [0.2, 0.25) is 0 Å². The lowest BCUT2D eigenvalue weighted by Crippen LogP contribution is -2.41. The molecule has 12 heavy (non-hydrogen) atoms. The second-order valence-corrected chi connectivity index (χ2v) is 1.34. The van der Waals surface area contributed by atoms with Gasteiger partial charge in [-0.2, -0.15) is 0 Å². The molecule has 0 rings (SSSR count). The highest BCUT2D eigenvalue weighted by atomic mass is 35.5. The predicted octanol–water partition coefficient (Wildman–Crippen LogP) is -0.270. The van der Waals surface area contributed by atoms with Crippen LogP contribution in [0, 0.1) is 0 Å². The fourth-order valence-electron chi connectivity index (χ4n) is 0.243. The predicted molar refractivity (Wildman–Crippen MR) is 60.0 cm³/mol. The Hall–Kier alpha value is -0.390. The van der Waals surface area contributed by atoms with Crippen LogP contribution >= 0.6 is 37.2 Å². The summed E-state index contributed by atoms with van der Waals surface area (Å²) in [7, 11) is 3.12. The molecule has 0 aromatic carbocycles. The lowest BCUT2D eigenvalue weighted by molar-refractivity contribution is 1.19. The van der Waals surface area contributed by atoms with Gasteiger partial charge in [0.1, 0.15) is 0 Å². The number of hydrogen-bond acceptors (Lipinski definition) is 2. The highest BCUT2D eigenvalue weighted by Gasteiger charge is 1.88. The maximum Gasteiger partial charge on any atom is 0.195 e. The van der Waals surface area contributed by atoms with Crippen molar-refractivity contribution in [2.24, 2.45) is 21.5 Å². The second-order valence-electron chi connectivity index (χ2n) is 1.34. The molecule has 0 saturated carbocycles. The first-order valence-electron chi connectivity index (χ1n) is 2.42. The van der Waals surface area contributed by atoms with Gasteiger partial charge < -0.3 is 11.5 Å². The van der Waals surface area contributed by atoms with Gasteiger partial charge in [0, 0.05) is 14.1 Å². The molecule has 0 atom stereocenters. The van der Waals surface area contributed by atoms with Crippen LogP contribution in [0.1, 0.15) is 0 Å². The number of nitrogens with one attached hydrogen (secondary N) is 1. The van der Waals surface area contributed by atoms with Crippen LogP contribution in [-0.4, -0.2) is 26.0 Å². The average Bonchev–Trinajstić information content (AvgIpc) is 1.87. The highest BCUT2D eigenvalue weighted by molar-refractivity contribution is 5.96. The number of hydrogen-bond donors (Lipinski definition) is 3. The molecule has 0 spiro atoms. The third-order valence-corrected chi connectivity index (χ3v) is 0.738. The summed E-state index contributed by atoms with van der Waals surface area (Å²) in [5.41, 5.74) is 10.5. The van der Waals surface area contributed by atoms with Crippen molar-refractivity contribution in [3.8, 4) is 0 Å². The fraction of sp³-hybridized carbons (Fsp3) is 0.500. The number of aliphatic imine (C=N–C) groups is 2. The average molecular weight is 239 g/mol. The van der Waals surface area contributed by atoms with E-state index in [-0.39, 0.29) is 49.1 Å². The van der Waals surface area contributed by atoms with Gasteiger partial charge in [0.25, 0.3) is 0 Å². The Morgan fingerprint density at radius 2 is 1.17 bits per heavy atom. The second kappa shape index (κ2) is 13.2. The zero-order chi connectivity index (χ0) is 7.28. The highest BCUT2D eigenvalue weighted by Crippen LogP contribution is 1.58. The Morgan fingerprint density at radius 3 is 1.33 bits per heavy atom. The molecule has 8 heteroatoms. The summed E-state index contributed by atoms with van der Waals surface area (Å²) in [5, 5.41) is 2.53. The molecule has 0 aromatic heterocycles. The van der Waals surface area contributed by atoms with Crippen molar-refractivity contribution in [2.75, 3.05) is 14.1 Å². The number of guanidine groups is 2. The Kier molecular flexibility index (Phi) is 24.9. The molecule has 0 saturated heterocycles. The SMILES string of the molecule is CN=C(N)NC(N)=NC.Cl.Cl.Cl. The van der Waals surface area contributed by atoms with Crippen LogP contribution in [0.2, 0.25) is 0 Å². The van der Waals surface area contributed by atoms with E-state index in [1.54, 1.807) is 14.1 Å². The van der Waals surface area contributed by atoms with Gasteiger partial charge in [-0.15, -0.1) is 37.2 Å². The van der Waals surface area contributed by atoms with Crippen LogP contribution in [0.3, 0.4) is 0 Å². The van der Waals surface area contributed by atoms with Gasteiger partial charge in [0.05, 0.1) is 0 Å². The van der Waals surface area contributed by atoms with Crippen LogP contribution in [0.15, 0.2) is 9.98 Å². The van der Waals surface area contributed by atoms with Crippen molar-refractivity contribution >= 4 is 49.1 Å². The molecular weight excluding hydrogens is 224 g/mol. The van der Waals surface area contributed by atoms with Crippen LogP contribution in [0.5, 0.6) is 0 Å². The molecule has 0 unspecified atom stereocenters. The number of halogens is 3. The molecule has 5 nitrogen and oxygen atoms in total. The van der Waals surface area contributed by atoms with E-state index < -0.39 is 0 Å². The normalized spacial score (nSPS) is 10.2.